The molecule has 2 aromatic heterocycles. The number of hydrogen-bond acceptors (Lipinski definition) is 5. The Balaban J connectivity index is 1.33. The van der Waals surface area contributed by atoms with Crippen molar-refractivity contribution in [2.24, 2.45) is 0 Å². The summed E-state index contributed by atoms with van der Waals surface area (Å²) in [5.41, 5.74) is 2.26. The number of imidazole rings is 1. The van der Waals surface area contributed by atoms with E-state index in [9.17, 15) is 9.59 Å². The molecule has 0 fully saturated rings. The van der Waals surface area contributed by atoms with Gasteiger partial charge in [-0.2, -0.15) is 0 Å². The van der Waals surface area contributed by atoms with Crippen molar-refractivity contribution in [2.45, 2.75) is 17.5 Å². The Hall–Kier alpha value is -3.65. The second-order valence-electron chi connectivity index (χ2n) is 7.66. The number of nitrogens with zero attached hydrogens (tertiary/aromatic N) is 4. The second-order valence-corrected chi connectivity index (χ2v) is 8.72. The molecule has 0 aliphatic carbocycles. The minimum absolute atomic E-state index is 0.155. The fourth-order valence-electron chi connectivity index (χ4n) is 3.88. The Morgan fingerprint density at radius 3 is 2.88 bits per heavy atom. The van der Waals surface area contributed by atoms with Gasteiger partial charge in [0, 0.05) is 53.6 Å². The molecule has 0 saturated heterocycles. The normalized spacial score (nSPS) is 16.0. The SMILES string of the molecule is CN1C(=O)[C@@H](NC(=O)c2cn(Cc3ccccc3)cn2)CSc2ccc3cnccc3c21. The maximum Gasteiger partial charge on any atom is 0.272 e. The quantitative estimate of drug-likeness (QED) is 0.523. The van der Waals surface area contributed by atoms with Crippen molar-refractivity contribution in [3.05, 3.63) is 84.7 Å². The van der Waals surface area contributed by atoms with E-state index in [4.69, 9.17) is 0 Å². The van der Waals surface area contributed by atoms with Crippen molar-refractivity contribution in [1.82, 2.24) is 19.9 Å². The zero-order valence-corrected chi connectivity index (χ0v) is 18.2. The van der Waals surface area contributed by atoms with Crippen molar-refractivity contribution >= 4 is 40.0 Å². The van der Waals surface area contributed by atoms with Crippen LogP contribution in [0.15, 0.2) is 78.3 Å². The number of aromatic nitrogens is 3. The van der Waals surface area contributed by atoms with Crippen LogP contribution in [0.5, 0.6) is 0 Å². The number of amides is 2. The van der Waals surface area contributed by atoms with Crippen LogP contribution >= 0.6 is 11.8 Å². The van der Waals surface area contributed by atoms with Gasteiger partial charge in [0.25, 0.3) is 5.91 Å². The van der Waals surface area contributed by atoms with Gasteiger partial charge in [-0.25, -0.2) is 4.98 Å². The first-order valence-electron chi connectivity index (χ1n) is 10.2. The first-order chi connectivity index (χ1) is 15.6. The van der Waals surface area contributed by atoms with Crippen molar-refractivity contribution in [1.29, 1.82) is 0 Å². The van der Waals surface area contributed by atoms with E-state index in [0.29, 0.717) is 18.0 Å². The molecular weight excluding hydrogens is 422 g/mol. The molecule has 1 atom stereocenters. The number of nitrogens with one attached hydrogen (secondary N) is 1. The van der Waals surface area contributed by atoms with Gasteiger partial charge in [-0.3, -0.25) is 14.6 Å². The largest absolute Gasteiger partial charge is 0.338 e. The van der Waals surface area contributed by atoms with Gasteiger partial charge in [0.2, 0.25) is 5.91 Å². The second kappa shape index (κ2) is 8.47. The van der Waals surface area contributed by atoms with E-state index < -0.39 is 6.04 Å². The number of fused-ring (bicyclic) bond motifs is 3. The summed E-state index contributed by atoms with van der Waals surface area (Å²) < 4.78 is 1.86. The molecule has 0 unspecified atom stereocenters. The molecule has 1 aliphatic rings. The van der Waals surface area contributed by atoms with Crippen LogP contribution in [0.4, 0.5) is 5.69 Å². The lowest BCUT2D eigenvalue weighted by Gasteiger charge is -2.22. The van der Waals surface area contributed by atoms with E-state index in [1.807, 2.05) is 53.1 Å². The Morgan fingerprint density at radius 1 is 1.19 bits per heavy atom. The number of benzene rings is 2. The van der Waals surface area contributed by atoms with Crippen LogP contribution in [0.25, 0.3) is 10.8 Å². The fraction of sp³-hybridized carbons (Fsp3) is 0.167. The number of carbonyl (C=O) groups is 2. The topological polar surface area (TPSA) is 80.1 Å². The van der Waals surface area contributed by atoms with E-state index in [-0.39, 0.29) is 11.8 Å². The highest BCUT2D eigenvalue weighted by molar-refractivity contribution is 7.99. The highest BCUT2D eigenvalue weighted by atomic mass is 32.2. The van der Waals surface area contributed by atoms with Crippen LogP contribution in [0.1, 0.15) is 16.1 Å². The van der Waals surface area contributed by atoms with Crippen LogP contribution in [0.2, 0.25) is 0 Å². The number of hydrogen-bond donors (Lipinski definition) is 1. The molecule has 0 saturated carbocycles. The lowest BCUT2D eigenvalue weighted by atomic mass is 10.1. The van der Waals surface area contributed by atoms with Gasteiger partial charge >= 0.3 is 0 Å². The molecule has 160 valence electrons. The Labute approximate surface area is 189 Å². The zero-order valence-electron chi connectivity index (χ0n) is 17.4. The lowest BCUT2D eigenvalue weighted by molar-refractivity contribution is -0.119. The molecular formula is C24H21N5O2S. The smallest absolute Gasteiger partial charge is 0.272 e. The first-order valence-corrected chi connectivity index (χ1v) is 11.2. The number of thioether (sulfide) groups is 1. The predicted molar refractivity (Wildman–Crippen MR) is 125 cm³/mol. The van der Waals surface area contributed by atoms with Gasteiger partial charge in [-0.15, -0.1) is 11.8 Å². The number of rotatable bonds is 4. The predicted octanol–water partition coefficient (Wildman–Crippen LogP) is 3.35. The van der Waals surface area contributed by atoms with Crippen LogP contribution in [-0.2, 0) is 11.3 Å². The molecule has 2 amide bonds. The van der Waals surface area contributed by atoms with Crippen molar-refractivity contribution in [2.75, 3.05) is 17.7 Å². The highest BCUT2D eigenvalue weighted by Crippen LogP contribution is 2.39. The minimum atomic E-state index is -0.652. The zero-order chi connectivity index (χ0) is 22.1. The maximum absolute atomic E-state index is 13.2. The Bertz CT molecular complexity index is 1300. The van der Waals surface area contributed by atoms with Crippen LogP contribution < -0.4 is 10.2 Å². The van der Waals surface area contributed by atoms with E-state index >= 15 is 0 Å². The molecule has 5 rings (SSSR count). The number of carbonyl (C=O) groups excluding carboxylic acids is 2. The standard InChI is InChI=1S/C24H21N5O2S/c1-28-22-18-9-10-25-11-17(18)7-8-21(22)32-14-20(24(28)31)27-23(30)19-13-29(15-26-19)12-16-5-3-2-4-6-16/h2-11,13,15,20H,12,14H2,1H3,(H,27,30)/t20-/m0/s1. The summed E-state index contributed by atoms with van der Waals surface area (Å²) in [6, 6.07) is 15.2. The van der Waals surface area contributed by atoms with Crippen molar-refractivity contribution < 1.29 is 9.59 Å². The molecule has 0 spiro atoms. The van der Waals surface area contributed by atoms with E-state index in [0.717, 1.165) is 26.9 Å². The third-order valence-corrected chi connectivity index (χ3v) is 6.64. The Kier molecular flexibility index (Phi) is 5.36. The summed E-state index contributed by atoms with van der Waals surface area (Å²) >= 11 is 1.56. The number of pyridine rings is 1. The van der Waals surface area contributed by atoms with E-state index in [1.54, 1.807) is 48.6 Å². The Morgan fingerprint density at radius 2 is 2.03 bits per heavy atom. The average molecular weight is 444 g/mol. The molecule has 1 N–H and O–H groups in total. The number of anilines is 1. The molecule has 1 aliphatic heterocycles. The first kappa shape index (κ1) is 20.3. The van der Waals surface area contributed by atoms with Crippen LogP contribution in [-0.4, -0.2) is 45.2 Å². The third-order valence-electron chi connectivity index (χ3n) is 5.50. The van der Waals surface area contributed by atoms with Crippen molar-refractivity contribution in [3.63, 3.8) is 0 Å². The molecule has 7 nitrogen and oxygen atoms in total. The summed E-state index contributed by atoms with van der Waals surface area (Å²) in [5.74, 6) is -0.0646. The highest BCUT2D eigenvalue weighted by Gasteiger charge is 2.31. The summed E-state index contributed by atoms with van der Waals surface area (Å²) in [5, 5.41) is 4.81. The summed E-state index contributed by atoms with van der Waals surface area (Å²) in [6.07, 6.45) is 6.85. The molecule has 8 heteroatoms. The van der Waals surface area contributed by atoms with Crippen LogP contribution in [0, 0.1) is 0 Å². The summed E-state index contributed by atoms with van der Waals surface area (Å²) in [7, 11) is 1.75. The van der Waals surface area contributed by atoms with Gasteiger partial charge in [-0.05, 0) is 17.7 Å². The van der Waals surface area contributed by atoms with E-state index in [1.165, 1.54) is 0 Å². The minimum Gasteiger partial charge on any atom is -0.338 e. The third kappa shape index (κ3) is 3.85. The van der Waals surface area contributed by atoms with Crippen molar-refractivity contribution in [3.8, 4) is 0 Å². The van der Waals surface area contributed by atoms with Crippen LogP contribution in [0.3, 0.4) is 0 Å². The monoisotopic (exact) mass is 443 g/mol. The van der Waals surface area contributed by atoms with Gasteiger partial charge < -0.3 is 14.8 Å². The molecule has 0 radical (unpaired) electrons. The summed E-state index contributed by atoms with van der Waals surface area (Å²) in [4.78, 5) is 37.1. The molecule has 2 aromatic carbocycles. The van der Waals surface area contributed by atoms with Gasteiger partial charge in [0.15, 0.2) is 0 Å². The molecule has 32 heavy (non-hydrogen) atoms. The van der Waals surface area contributed by atoms with Gasteiger partial charge in [0.1, 0.15) is 11.7 Å². The average Bonchev–Trinajstić information content (AvgIpc) is 3.25. The number of likely N-dealkylation sites (N-methyl/N-ethyl adjacent to an activating group) is 1. The van der Waals surface area contributed by atoms with Gasteiger partial charge in [0.05, 0.1) is 12.0 Å². The molecule has 0 bridgehead atoms. The summed E-state index contributed by atoms with van der Waals surface area (Å²) in [6.45, 7) is 0.624. The van der Waals surface area contributed by atoms with E-state index in [2.05, 4.69) is 15.3 Å². The molecule has 3 heterocycles. The fourth-order valence-corrected chi connectivity index (χ4v) is 5.00. The van der Waals surface area contributed by atoms with Gasteiger partial charge in [-0.1, -0.05) is 36.4 Å². The maximum atomic E-state index is 13.2. The molecule has 4 aromatic rings. The lowest BCUT2D eigenvalue weighted by Crippen LogP contribution is -2.48.